The molecular formula is C19H25NO4. The normalized spacial score (nSPS) is 17.5. The van der Waals surface area contributed by atoms with Crippen LogP contribution in [-0.2, 0) is 9.59 Å². The number of aryl methyl sites for hydroxylation is 1. The van der Waals surface area contributed by atoms with Crippen LogP contribution in [0.2, 0.25) is 0 Å². The first-order valence-electron chi connectivity index (χ1n) is 8.58. The highest BCUT2D eigenvalue weighted by Crippen LogP contribution is 2.22. The van der Waals surface area contributed by atoms with Gasteiger partial charge in [0.15, 0.2) is 5.78 Å². The number of nitrogens with zero attached hydrogens (tertiary/aromatic N) is 1. The largest absolute Gasteiger partial charge is 0.481 e. The smallest absolute Gasteiger partial charge is 0.303 e. The number of rotatable bonds is 7. The number of amides is 1. The molecule has 130 valence electrons. The van der Waals surface area contributed by atoms with Crippen LogP contribution < -0.4 is 0 Å². The number of benzene rings is 1. The minimum atomic E-state index is -0.831. The lowest BCUT2D eigenvalue weighted by Crippen LogP contribution is -2.44. The van der Waals surface area contributed by atoms with E-state index in [2.05, 4.69) is 0 Å². The number of ketones is 1. The van der Waals surface area contributed by atoms with E-state index in [4.69, 9.17) is 5.11 Å². The molecule has 24 heavy (non-hydrogen) atoms. The van der Waals surface area contributed by atoms with Gasteiger partial charge in [0.05, 0.1) is 0 Å². The second-order valence-corrected chi connectivity index (χ2v) is 6.46. The maximum Gasteiger partial charge on any atom is 0.303 e. The van der Waals surface area contributed by atoms with Gasteiger partial charge in [0, 0.05) is 37.4 Å². The topological polar surface area (TPSA) is 74.7 Å². The molecule has 1 atom stereocenters. The number of carboxylic acid groups (broad SMARTS) is 1. The van der Waals surface area contributed by atoms with Gasteiger partial charge < -0.3 is 10.0 Å². The lowest BCUT2D eigenvalue weighted by molar-refractivity contribution is -0.140. The molecule has 0 radical (unpaired) electrons. The molecule has 1 heterocycles. The number of hydrogen-bond acceptors (Lipinski definition) is 3. The maximum absolute atomic E-state index is 12.5. The van der Waals surface area contributed by atoms with Crippen molar-refractivity contribution in [2.75, 3.05) is 6.54 Å². The highest BCUT2D eigenvalue weighted by atomic mass is 16.4. The van der Waals surface area contributed by atoms with Gasteiger partial charge in [-0.2, -0.15) is 0 Å². The summed E-state index contributed by atoms with van der Waals surface area (Å²) >= 11 is 0. The summed E-state index contributed by atoms with van der Waals surface area (Å²) in [5, 5.41) is 8.84. The molecule has 5 heteroatoms. The SMILES string of the molecule is Cc1ccc(C(=O)CCC(=O)N2CCCCC2CCC(=O)O)cc1. The minimum absolute atomic E-state index is 0.00294. The standard InChI is InChI=1S/C19H25NO4/c1-14-5-7-15(8-6-14)17(21)10-11-18(22)20-13-3-2-4-16(20)9-12-19(23)24/h5-8,16H,2-4,9-13H2,1H3,(H,23,24). The first kappa shape index (κ1) is 18.2. The summed E-state index contributed by atoms with van der Waals surface area (Å²) in [6, 6.07) is 7.36. The van der Waals surface area contributed by atoms with Gasteiger partial charge in [-0.25, -0.2) is 0 Å². The number of aliphatic carboxylic acids is 1. The lowest BCUT2D eigenvalue weighted by Gasteiger charge is -2.35. The molecule has 1 aromatic rings. The molecule has 0 aromatic heterocycles. The number of piperidine rings is 1. The van der Waals surface area contributed by atoms with Crippen molar-refractivity contribution in [3.05, 3.63) is 35.4 Å². The Hall–Kier alpha value is -2.17. The summed E-state index contributed by atoms with van der Waals surface area (Å²) in [5.41, 5.74) is 1.73. The van der Waals surface area contributed by atoms with Gasteiger partial charge in [0.1, 0.15) is 0 Å². The average molecular weight is 331 g/mol. The molecule has 1 unspecified atom stereocenters. The Morgan fingerprint density at radius 3 is 2.46 bits per heavy atom. The Kier molecular flexibility index (Phi) is 6.53. The fourth-order valence-corrected chi connectivity index (χ4v) is 3.17. The molecule has 1 aromatic carbocycles. The molecular weight excluding hydrogens is 306 g/mol. The van der Waals surface area contributed by atoms with Crippen molar-refractivity contribution < 1.29 is 19.5 Å². The molecule has 1 N–H and O–H groups in total. The van der Waals surface area contributed by atoms with Crippen LogP contribution in [0.3, 0.4) is 0 Å². The van der Waals surface area contributed by atoms with Crippen molar-refractivity contribution in [2.24, 2.45) is 0 Å². The highest BCUT2D eigenvalue weighted by molar-refractivity contribution is 5.98. The maximum atomic E-state index is 12.5. The van der Waals surface area contributed by atoms with Crippen LogP contribution in [0, 0.1) is 6.92 Å². The number of carbonyl (C=O) groups excluding carboxylic acids is 2. The van der Waals surface area contributed by atoms with E-state index in [-0.39, 0.29) is 37.0 Å². The molecule has 1 saturated heterocycles. The average Bonchev–Trinajstić information content (AvgIpc) is 2.58. The van der Waals surface area contributed by atoms with Crippen molar-refractivity contribution in [2.45, 2.75) is 57.9 Å². The summed E-state index contributed by atoms with van der Waals surface area (Å²) < 4.78 is 0. The molecule has 1 aliphatic rings. The summed E-state index contributed by atoms with van der Waals surface area (Å²) in [4.78, 5) is 37.2. The van der Waals surface area contributed by atoms with Gasteiger partial charge >= 0.3 is 5.97 Å². The molecule has 2 rings (SSSR count). The van der Waals surface area contributed by atoms with E-state index in [9.17, 15) is 14.4 Å². The molecule has 1 aliphatic heterocycles. The second kappa shape index (κ2) is 8.62. The third kappa shape index (κ3) is 5.18. The van der Waals surface area contributed by atoms with Crippen molar-refractivity contribution in [1.82, 2.24) is 4.90 Å². The molecule has 1 fully saturated rings. The van der Waals surface area contributed by atoms with E-state index in [0.29, 0.717) is 18.5 Å². The minimum Gasteiger partial charge on any atom is -0.481 e. The van der Waals surface area contributed by atoms with Crippen molar-refractivity contribution in [3.63, 3.8) is 0 Å². The van der Waals surface area contributed by atoms with Crippen molar-refractivity contribution >= 4 is 17.7 Å². The predicted molar refractivity (Wildman–Crippen MR) is 91.0 cm³/mol. The van der Waals surface area contributed by atoms with Crippen LogP contribution in [-0.4, -0.2) is 40.3 Å². The van der Waals surface area contributed by atoms with Crippen molar-refractivity contribution in [3.8, 4) is 0 Å². The second-order valence-electron chi connectivity index (χ2n) is 6.46. The molecule has 1 amide bonds. The summed E-state index contributed by atoms with van der Waals surface area (Å²) in [5.74, 6) is -0.893. The van der Waals surface area contributed by atoms with Gasteiger partial charge in [-0.3, -0.25) is 14.4 Å². The Labute approximate surface area is 142 Å². The number of likely N-dealkylation sites (tertiary alicyclic amines) is 1. The van der Waals surface area contributed by atoms with Crippen LogP contribution in [0.15, 0.2) is 24.3 Å². The Bertz CT molecular complexity index is 594. The summed E-state index contributed by atoms with van der Waals surface area (Å²) in [7, 11) is 0. The van der Waals surface area contributed by atoms with E-state index in [0.717, 1.165) is 24.8 Å². The van der Waals surface area contributed by atoms with E-state index in [1.165, 1.54) is 0 Å². The van der Waals surface area contributed by atoms with Gasteiger partial charge in [0.25, 0.3) is 0 Å². The van der Waals surface area contributed by atoms with Gasteiger partial charge in [-0.1, -0.05) is 29.8 Å². The van der Waals surface area contributed by atoms with Gasteiger partial charge in [-0.05, 0) is 32.6 Å². The Morgan fingerprint density at radius 1 is 1.08 bits per heavy atom. The fourth-order valence-electron chi connectivity index (χ4n) is 3.17. The molecule has 0 aliphatic carbocycles. The van der Waals surface area contributed by atoms with Crippen LogP contribution in [0.4, 0.5) is 0 Å². The first-order chi connectivity index (χ1) is 11.5. The Morgan fingerprint density at radius 2 is 1.79 bits per heavy atom. The van der Waals surface area contributed by atoms with Crippen LogP contribution in [0.1, 0.15) is 60.9 Å². The molecule has 0 bridgehead atoms. The predicted octanol–water partition coefficient (Wildman–Crippen LogP) is 3.20. The molecule has 5 nitrogen and oxygen atoms in total. The fraction of sp³-hybridized carbons (Fsp3) is 0.526. The summed E-state index contributed by atoms with van der Waals surface area (Å²) in [6.45, 7) is 2.63. The zero-order valence-electron chi connectivity index (χ0n) is 14.2. The number of carbonyl (C=O) groups is 3. The van der Waals surface area contributed by atoms with E-state index < -0.39 is 5.97 Å². The third-order valence-corrected chi connectivity index (χ3v) is 4.58. The number of hydrogen-bond donors (Lipinski definition) is 1. The highest BCUT2D eigenvalue weighted by Gasteiger charge is 2.27. The zero-order chi connectivity index (χ0) is 17.5. The summed E-state index contributed by atoms with van der Waals surface area (Å²) in [6.07, 6.45) is 3.78. The number of Topliss-reactive ketones (excluding diaryl/α,β-unsaturated/α-hetero) is 1. The van der Waals surface area contributed by atoms with Gasteiger partial charge in [-0.15, -0.1) is 0 Å². The lowest BCUT2D eigenvalue weighted by atomic mass is 9.97. The first-order valence-corrected chi connectivity index (χ1v) is 8.58. The van der Waals surface area contributed by atoms with Crippen LogP contribution in [0.25, 0.3) is 0 Å². The Balaban J connectivity index is 1.88. The van der Waals surface area contributed by atoms with E-state index >= 15 is 0 Å². The van der Waals surface area contributed by atoms with E-state index in [1.807, 2.05) is 19.1 Å². The monoisotopic (exact) mass is 331 g/mol. The molecule has 0 spiro atoms. The van der Waals surface area contributed by atoms with Crippen molar-refractivity contribution in [1.29, 1.82) is 0 Å². The van der Waals surface area contributed by atoms with E-state index in [1.54, 1.807) is 17.0 Å². The van der Waals surface area contributed by atoms with Crippen LogP contribution in [0.5, 0.6) is 0 Å². The number of carboxylic acids is 1. The van der Waals surface area contributed by atoms with Crippen LogP contribution >= 0.6 is 0 Å². The zero-order valence-corrected chi connectivity index (χ0v) is 14.2. The third-order valence-electron chi connectivity index (χ3n) is 4.58. The van der Waals surface area contributed by atoms with Gasteiger partial charge in [0.2, 0.25) is 5.91 Å². The quantitative estimate of drug-likeness (QED) is 0.779. The molecule has 0 saturated carbocycles.